The number of amides is 1. The molecule has 0 aromatic heterocycles. The molecule has 3 N–H and O–H groups in total. The van der Waals surface area contributed by atoms with E-state index in [0.717, 1.165) is 5.56 Å². The molecule has 0 saturated carbocycles. The zero-order valence-electron chi connectivity index (χ0n) is 9.70. The second kappa shape index (κ2) is 7.50. The molecule has 1 rings (SSSR count). The van der Waals surface area contributed by atoms with Gasteiger partial charge in [-0.05, 0) is 24.6 Å². The first-order chi connectivity index (χ1) is 7.54. The monoisotopic (exact) mass is 278 g/mol. The van der Waals surface area contributed by atoms with E-state index in [0.29, 0.717) is 10.7 Å². The Balaban J connectivity index is 0.00000256. The van der Waals surface area contributed by atoms with Gasteiger partial charge in [0.15, 0.2) is 0 Å². The summed E-state index contributed by atoms with van der Waals surface area (Å²) in [5, 5.41) is 3.15. The predicted molar refractivity (Wildman–Crippen MR) is 71.9 cm³/mol. The third kappa shape index (κ3) is 4.91. The summed E-state index contributed by atoms with van der Waals surface area (Å²) in [6, 6.07) is 4.70. The molecule has 96 valence electrons. The van der Waals surface area contributed by atoms with Gasteiger partial charge in [0.25, 0.3) is 0 Å². The summed E-state index contributed by atoms with van der Waals surface area (Å²) in [5.74, 6) is -0.311. The molecule has 0 radical (unpaired) electrons. The van der Waals surface area contributed by atoms with Gasteiger partial charge in [0.05, 0.1) is 17.3 Å². The summed E-state index contributed by atoms with van der Waals surface area (Å²) < 4.78 is 4.80. The van der Waals surface area contributed by atoms with Crippen molar-refractivity contribution >= 4 is 35.6 Å². The molecule has 0 bridgehead atoms. The highest BCUT2D eigenvalue weighted by Crippen LogP contribution is 2.22. The number of methoxy groups -OCH3 is 1. The molecule has 4 nitrogen and oxygen atoms in total. The van der Waals surface area contributed by atoms with Gasteiger partial charge in [-0.3, -0.25) is 4.79 Å². The molecule has 17 heavy (non-hydrogen) atoms. The molecule has 6 heteroatoms. The van der Waals surface area contributed by atoms with Crippen molar-refractivity contribution in [1.29, 1.82) is 0 Å². The predicted octanol–water partition coefficient (Wildman–Crippen LogP) is 1.98. The zero-order valence-corrected chi connectivity index (χ0v) is 11.3. The summed E-state index contributed by atoms with van der Waals surface area (Å²) in [4.78, 5) is 11.6. The highest BCUT2D eigenvalue weighted by atomic mass is 35.5. The van der Waals surface area contributed by atoms with Crippen molar-refractivity contribution in [3.8, 4) is 0 Å². The van der Waals surface area contributed by atoms with E-state index < -0.39 is 6.04 Å². The lowest BCUT2D eigenvalue weighted by Crippen LogP contribution is -2.39. The minimum Gasteiger partial charge on any atom is -0.383 e. The first kappa shape index (κ1) is 16.2. The van der Waals surface area contributed by atoms with Gasteiger partial charge in [0.2, 0.25) is 5.91 Å². The van der Waals surface area contributed by atoms with Gasteiger partial charge in [-0.15, -0.1) is 12.4 Å². The molecule has 0 saturated heterocycles. The van der Waals surface area contributed by atoms with E-state index in [2.05, 4.69) is 5.32 Å². The second-order valence-electron chi connectivity index (χ2n) is 3.53. The maximum absolute atomic E-state index is 11.6. The van der Waals surface area contributed by atoms with Gasteiger partial charge in [0, 0.05) is 7.11 Å². The topological polar surface area (TPSA) is 64.3 Å². The Kier molecular flexibility index (Phi) is 7.15. The lowest BCUT2D eigenvalue weighted by Gasteiger charge is -2.12. The molecule has 0 aliphatic carbocycles. The molecule has 0 heterocycles. The van der Waals surface area contributed by atoms with Crippen LogP contribution in [0.3, 0.4) is 0 Å². The molecule has 1 aromatic rings. The van der Waals surface area contributed by atoms with E-state index in [-0.39, 0.29) is 24.9 Å². The van der Waals surface area contributed by atoms with Gasteiger partial charge in [-0.2, -0.15) is 0 Å². The average Bonchev–Trinajstić information content (AvgIpc) is 2.23. The van der Waals surface area contributed by atoms with Crippen molar-refractivity contribution in [2.75, 3.05) is 19.0 Å². The smallest absolute Gasteiger partial charge is 0.243 e. The highest BCUT2D eigenvalue weighted by molar-refractivity contribution is 6.33. The minimum atomic E-state index is -0.693. The van der Waals surface area contributed by atoms with E-state index >= 15 is 0 Å². The fourth-order valence-electron chi connectivity index (χ4n) is 1.22. The number of ether oxygens (including phenoxy) is 1. The van der Waals surface area contributed by atoms with E-state index in [1.807, 2.05) is 13.0 Å². The number of carbonyl (C=O) groups excluding carboxylic acids is 1. The van der Waals surface area contributed by atoms with Crippen molar-refractivity contribution in [2.24, 2.45) is 5.73 Å². The Morgan fingerprint density at radius 3 is 2.82 bits per heavy atom. The van der Waals surface area contributed by atoms with Crippen LogP contribution in [0.25, 0.3) is 0 Å². The molecule has 0 aliphatic heterocycles. The molecule has 0 spiro atoms. The Labute approximate surface area is 112 Å². The maximum atomic E-state index is 11.6. The molecule has 0 fully saturated rings. The molecular formula is C11H16Cl2N2O2. The number of carbonyl (C=O) groups is 1. The van der Waals surface area contributed by atoms with Crippen LogP contribution in [0.15, 0.2) is 18.2 Å². The number of hydrogen-bond acceptors (Lipinski definition) is 3. The lowest BCUT2D eigenvalue weighted by atomic mass is 10.2. The van der Waals surface area contributed by atoms with Crippen LogP contribution in [0.2, 0.25) is 5.02 Å². The second-order valence-corrected chi connectivity index (χ2v) is 3.94. The molecule has 1 amide bonds. The maximum Gasteiger partial charge on any atom is 0.243 e. The average molecular weight is 279 g/mol. The molecular weight excluding hydrogens is 263 g/mol. The summed E-state index contributed by atoms with van der Waals surface area (Å²) in [7, 11) is 1.49. The number of nitrogens with two attached hydrogens (primary N) is 1. The van der Waals surface area contributed by atoms with Crippen molar-refractivity contribution in [2.45, 2.75) is 13.0 Å². The van der Waals surface area contributed by atoms with Crippen LogP contribution in [-0.4, -0.2) is 25.7 Å². The van der Waals surface area contributed by atoms with Gasteiger partial charge in [-0.25, -0.2) is 0 Å². The Bertz CT molecular complexity index is 386. The third-order valence-electron chi connectivity index (χ3n) is 2.06. The standard InChI is InChI=1S/C11H15ClN2O2.ClH/c1-7-3-4-8(12)10(5-7)14-11(15)9(13)6-16-2;/h3-5,9H,6,13H2,1-2H3,(H,14,15);1H. The number of nitrogens with one attached hydrogen (secondary N) is 1. The number of benzene rings is 1. The van der Waals surface area contributed by atoms with Crippen molar-refractivity contribution in [3.05, 3.63) is 28.8 Å². The molecule has 1 atom stereocenters. The SMILES string of the molecule is COCC(N)C(=O)Nc1cc(C)ccc1Cl.Cl. The van der Waals surface area contributed by atoms with Crippen LogP contribution in [0.1, 0.15) is 5.56 Å². The fraction of sp³-hybridized carbons (Fsp3) is 0.364. The normalized spacial score (nSPS) is 11.5. The van der Waals surface area contributed by atoms with E-state index in [1.54, 1.807) is 12.1 Å². The number of halogens is 2. The van der Waals surface area contributed by atoms with Gasteiger partial charge in [0.1, 0.15) is 6.04 Å². The summed E-state index contributed by atoms with van der Waals surface area (Å²) in [6.07, 6.45) is 0. The third-order valence-corrected chi connectivity index (χ3v) is 2.39. The van der Waals surface area contributed by atoms with Crippen LogP contribution >= 0.6 is 24.0 Å². The number of anilines is 1. The quantitative estimate of drug-likeness (QED) is 0.885. The first-order valence-electron chi connectivity index (χ1n) is 4.86. The Morgan fingerprint density at radius 2 is 2.24 bits per heavy atom. The molecule has 1 aromatic carbocycles. The van der Waals surface area contributed by atoms with Crippen LogP contribution in [0, 0.1) is 6.92 Å². The zero-order chi connectivity index (χ0) is 12.1. The summed E-state index contributed by atoms with van der Waals surface area (Å²) >= 11 is 5.94. The first-order valence-corrected chi connectivity index (χ1v) is 5.24. The highest BCUT2D eigenvalue weighted by Gasteiger charge is 2.14. The van der Waals surface area contributed by atoms with Gasteiger partial charge < -0.3 is 15.8 Å². The Hall–Kier alpha value is -0.810. The number of hydrogen-bond donors (Lipinski definition) is 2. The van der Waals surface area contributed by atoms with E-state index in [4.69, 9.17) is 22.1 Å². The fourth-order valence-corrected chi connectivity index (χ4v) is 1.38. The molecule has 0 aliphatic rings. The summed E-state index contributed by atoms with van der Waals surface area (Å²) in [6.45, 7) is 2.09. The van der Waals surface area contributed by atoms with Crippen molar-refractivity contribution in [3.63, 3.8) is 0 Å². The van der Waals surface area contributed by atoms with Crippen LogP contribution < -0.4 is 11.1 Å². The number of rotatable bonds is 4. The van der Waals surface area contributed by atoms with E-state index in [1.165, 1.54) is 7.11 Å². The number of aryl methyl sites for hydroxylation is 1. The van der Waals surface area contributed by atoms with Gasteiger partial charge in [-0.1, -0.05) is 17.7 Å². The van der Waals surface area contributed by atoms with Crippen molar-refractivity contribution < 1.29 is 9.53 Å². The van der Waals surface area contributed by atoms with E-state index in [9.17, 15) is 4.79 Å². The van der Waals surface area contributed by atoms with Crippen LogP contribution in [-0.2, 0) is 9.53 Å². The molecule has 1 unspecified atom stereocenters. The van der Waals surface area contributed by atoms with Crippen molar-refractivity contribution in [1.82, 2.24) is 0 Å². The lowest BCUT2D eigenvalue weighted by molar-refractivity contribution is -0.118. The Morgan fingerprint density at radius 1 is 1.59 bits per heavy atom. The largest absolute Gasteiger partial charge is 0.383 e. The minimum absolute atomic E-state index is 0. The van der Waals surface area contributed by atoms with Crippen LogP contribution in [0.4, 0.5) is 5.69 Å². The van der Waals surface area contributed by atoms with Crippen LogP contribution in [0.5, 0.6) is 0 Å². The van der Waals surface area contributed by atoms with Gasteiger partial charge >= 0.3 is 0 Å². The summed E-state index contributed by atoms with van der Waals surface area (Å²) in [5.41, 5.74) is 7.17.